The van der Waals surface area contributed by atoms with E-state index in [4.69, 9.17) is 0 Å². The Kier molecular flexibility index (Phi) is 5.05. The zero-order valence-electron chi connectivity index (χ0n) is 13.4. The van der Waals surface area contributed by atoms with E-state index in [1.165, 1.54) is 0 Å². The van der Waals surface area contributed by atoms with Crippen LogP contribution in [-0.2, 0) is 4.79 Å². The van der Waals surface area contributed by atoms with Gasteiger partial charge in [-0.2, -0.15) is 15.0 Å². The van der Waals surface area contributed by atoms with Crippen molar-refractivity contribution in [2.45, 2.75) is 59.0 Å². The highest BCUT2D eigenvalue weighted by molar-refractivity contribution is 6.01. The summed E-state index contributed by atoms with van der Waals surface area (Å²) < 4.78 is 14.1. The highest BCUT2D eigenvalue weighted by atomic mass is 19.1. The van der Waals surface area contributed by atoms with Crippen molar-refractivity contribution >= 4 is 23.3 Å². The maximum atomic E-state index is 14.1. The maximum absolute atomic E-state index is 14.1. The number of allylic oxidation sites excluding steroid dienone is 2. The first-order valence-corrected chi connectivity index (χ1v) is 7.58. The second-order valence-corrected chi connectivity index (χ2v) is 5.97. The van der Waals surface area contributed by atoms with Gasteiger partial charge in [0.25, 0.3) is 0 Å². The van der Waals surface area contributed by atoms with Crippen LogP contribution >= 0.6 is 0 Å². The lowest BCUT2D eigenvalue weighted by molar-refractivity contribution is -0.117. The molecule has 0 saturated carbocycles. The molecule has 120 valence electrons. The van der Waals surface area contributed by atoms with Crippen LogP contribution in [0.25, 0.3) is 5.57 Å². The van der Waals surface area contributed by atoms with Crippen LogP contribution in [0.3, 0.4) is 0 Å². The average Bonchev–Trinajstić information content (AvgIpc) is 2.40. The molecule has 0 amide bonds. The number of hydrogen-bond donors (Lipinski definition) is 2. The van der Waals surface area contributed by atoms with E-state index in [2.05, 4.69) is 25.6 Å². The number of hydrogen-bond acceptors (Lipinski definition) is 6. The summed E-state index contributed by atoms with van der Waals surface area (Å²) in [7, 11) is 0. The summed E-state index contributed by atoms with van der Waals surface area (Å²) in [6.45, 7) is 7.85. The zero-order valence-corrected chi connectivity index (χ0v) is 13.4. The van der Waals surface area contributed by atoms with E-state index in [0.717, 1.165) is 0 Å². The highest BCUT2D eigenvalue weighted by Gasteiger charge is 2.24. The van der Waals surface area contributed by atoms with E-state index >= 15 is 0 Å². The van der Waals surface area contributed by atoms with Gasteiger partial charge < -0.3 is 10.6 Å². The van der Waals surface area contributed by atoms with Crippen LogP contribution in [-0.4, -0.2) is 32.8 Å². The van der Waals surface area contributed by atoms with Crippen LogP contribution in [0.4, 0.5) is 16.3 Å². The third-order valence-corrected chi connectivity index (χ3v) is 3.08. The van der Waals surface area contributed by atoms with Crippen LogP contribution in [0, 0.1) is 0 Å². The van der Waals surface area contributed by atoms with Gasteiger partial charge in [-0.1, -0.05) is 0 Å². The minimum Gasteiger partial charge on any atom is -0.352 e. The fraction of sp³-hybridized carbons (Fsp3) is 0.600. The predicted molar refractivity (Wildman–Crippen MR) is 84.2 cm³/mol. The summed E-state index contributed by atoms with van der Waals surface area (Å²) >= 11 is 0. The van der Waals surface area contributed by atoms with Crippen molar-refractivity contribution in [3.63, 3.8) is 0 Å². The third kappa shape index (κ3) is 3.99. The van der Waals surface area contributed by atoms with Gasteiger partial charge in [0.15, 0.2) is 17.4 Å². The minimum atomic E-state index is -0.719. The molecule has 1 aliphatic rings. The van der Waals surface area contributed by atoms with Crippen LogP contribution < -0.4 is 10.6 Å². The van der Waals surface area contributed by atoms with Gasteiger partial charge in [-0.15, -0.1) is 0 Å². The molecule has 0 saturated heterocycles. The number of carbonyl (C=O) groups excluding carboxylic acids is 1. The smallest absolute Gasteiger partial charge is 0.228 e. The van der Waals surface area contributed by atoms with Crippen molar-refractivity contribution in [2.24, 2.45) is 0 Å². The van der Waals surface area contributed by atoms with Crippen LogP contribution in [0.1, 0.15) is 52.8 Å². The van der Waals surface area contributed by atoms with Gasteiger partial charge in [-0.3, -0.25) is 4.79 Å². The molecule has 0 unspecified atom stereocenters. The quantitative estimate of drug-likeness (QED) is 0.870. The Morgan fingerprint density at radius 2 is 1.50 bits per heavy atom. The third-order valence-electron chi connectivity index (χ3n) is 3.08. The molecule has 0 fully saturated rings. The van der Waals surface area contributed by atoms with Gasteiger partial charge in [0.2, 0.25) is 11.9 Å². The molecule has 1 aromatic heterocycles. The second-order valence-electron chi connectivity index (χ2n) is 5.97. The van der Waals surface area contributed by atoms with Crippen molar-refractivity contribution in [1.29, 1.82) is 0 Å². The number of rotatable bonds is 5. The van der Waals surface area contributed by atoms with Gasteiger partial charge >= 0.3 is 0 Å². The Morgan fingerprint density at radius 1 is 0.955 bits per heavy atom. The molecule has 6 nitrogen and oxygen atoms in total. The number of halogens is 1. The van der Waals surface area contributed by atoms with Crippen LogP contribution in [0.2, 0.25) is 0 Å². The topological polar surface area (TPSA) is 79.8 Å². The van der Waals surface area contributed by atoms with E-state index in [1.807, 2.05) is 27.7 Å². The molecular formula is C15H22FN5O. The molecule has 0 aromatic carbocycles. The Hall–Kier alpha value is -2.05. The molecule has 2 N–H and O–H groups in total. The lowest BCUT2D eigenvalue weighted by Crippen LogP contribution is -2.19. The number of nitrogens with zero attached hydrogens (tertiary/aromatic N) is 3. The number of aromatic nitrogens is 3. The van der Waals surface area contributed by atoms with Crippen molar-refractivity contribution < 1.29 is 9.18 Å². The van der Waals surface area contributed by atoms with Gasteiger partial charge in [0, 0.05) is 24.1 Å². The fourth-order valence-electron chi connectivity index (χ4n) is 2.18. The first-order chi connectivity index (χ1) is 10.4. The molecule has 1 aromatic rings. The molecule has 2 rings (SSSR count). The van der Waals surface area contributed by atoms with Crippen LogP contribution in [0.15, 0.2) is 5.83 Å². The molecule has 1 aliphatic carbocycles. The Labute approximate surface area is 129 Å². The molecule has 0 aliphatic heterocycles. The average molecular weight is 307 g/mol. The summed E-state index contributed by atoms with van der Waals surface area (Å²) in [5, 5.41) is 6.18. The monoisotopic (exact) mass is 307 g/mol. The largest absolute Gasteiger partial charge is 0.352 e. The lowest BCUT2D eigenvalue weighted by atomic mass is 9.97. The molecule has 7 heteroatoms. The number of nitrogens with one attached hydrogen (secondary N) is 2. The highest BCUT2D eigenvalue weighted by Crippen LogP contribution is 2.30. The summed E-state index contributed by atoms with van der Waals surface area (Å²) in [6, 6.07) is 0.267. The summed E-state index contributed by atoms with van der Waals surface area (Å²) in [4.78, 5) is 24.4. The van der Waals surface area contributed by atoms with Gasteiger partial charge in [0.05, 0.1) is 0 Å². The Balaban J connectivity index is 2.45. The molecule has 0 radical (unpaired) electrons. The van der Waals surface area contributed by atoms with E-state index in [-0.39, 0.29) is 29.9 Å². The van der Waals surface area contributed by atoms with Gasteiger partial charge in [-0.25, -0.2) is 4.39 Å². The number of ketones is 1. The minimum absolute atomic E-state index is 0.133. The molecule has 22 heavy (non-hydrogen) atoms. The van der Waals surface area contributed by atoms with E-state index < -0.39 is 11.6 Å². The van der Waals surface area contributed by atoms with Crippen molar-refractivity contribution in [2.75, 3.05) is 10.6 Å². The van der Waals surface area contributed by atoms with Crippen molar-refractivity contribution in [3.8, 4) is 0 Å². The normalized spacial score (nSPS) is 15.7. The zero-order chi connectivity index (χ0) is 16.3. The molecular weight excluding hydrogens is 285 g/mol. The Bertz CT molecular complexity index is 569. The molecule has 0 atom stereocenters. The molecule has 1 heterocycles. The van der Waals surface area contributed by atoms with Crippen molar-refractivity contribution in [3.05, 3.63) is 11.7 Å². The summed E-state index contributed by atoms with van der Waals surface area (Å²) in [5.74, 6) is -0.211. The lowest BCUT2D eigenvalue weighted by Gasteiger charge is -2.16. The van der Waals surface area contributed by atoms with E-state index in [9.17, 15) is 9.18 Å². The van der Waals surface area contributed by atoms with Gasteiger partial charge in [0.1, 0.15) is 0 Å². The first-order valence-electron chi connectivity index (χ1n) is 7.58. The number of anilines is 2. The Morgan fingerprint density at radius 3 is 2.00 bits per heavy atom. The van der Waals surface area contributed by atoms with Crippen molar-refractivity contribution in [1.82, 2.24) is 15.0 Å². The number of Topliss-reactive ketones (excluding diaryl/α,β-unsaturated/α-hetero) is 1. The van der Waals surface area contributed by atoms with E-state index in [0.29, 0.717) is 24.7 Å². The fourth-order valence-corrected chi connectivity index (χ4v) is 2.18. The van der Waals surface area contributed by atoms with E-state index in [1.54, 1.807) is 0 Å². The van der Waals surface area contributed by atoms with Gasteiger partial charge in [-0.05, 0) is 40.5 Å². The number of carbonyl (C=O) groups is 1. The first kappa shape index (κ1) is 16.3. The SMILES string of the molecule is CC(C)Nc1nc(NC(C)C)nc(C2=C(F)C(=O)CCC2)n1. The van der Waals surface area contributed by atoms with Crippen LogP contribution in [0.5, 0.6) is 0 Å². The molecule has 0 bridgehead atoms. The molecule has 0 spiro atoms. The summed E-state index contributed by atoms with van der Waals surface area (Å²) in [5.41, 5.74) is 0.275. The maximum Gasteiger partial charge on any atom is 0.228 e. The standard InChI is InChI=1S/C15H22FN5O/c1-8(2)17-14-19-13(20-15(21-14)18-9(3)4)10-6-5-7-11(22)12(10)16/h8-9H,5-7H2,1-4H3,(H2,17,18,19,20,21). The summed E-state index contributed by atoms with van der Waals surface area (Å²) in [6.07, 6.45) is 1.32. The second kappa shape index (κ2) is 6.81. The predicted octanol–water partition coefficient (Wildman–Crippen LogP) is 2.95.